The number of nitrogens with zero attached hydrogens (tertiary/aromatic N) is 2. The lowest BCUT2D eigenvalue weighted by Crippen LogP contribution is -2.23. The number of nitrogen functional groups attached to an aromatic ring is 1. The van der Waals surface area contributed by atoms with Gasteiger partial charge >= 0.3 is 0 Å². The first-order valence-corrected chi connectivity index (χ1v) is 4.37. The van der Waals surface area contributed by atoms with Gasteiger partial charge < -0.3 is 5.73 Å². The Kier molecular flexibility index (Phi) is 1.58. The molecular formula is C7H10N3S. The molecule has 1 aliphatic heterocycles. The molecule has 11 heavy (non-hydrogen) atoms. The summed E-state index contributed by atoms with van der Waals surface area (Å²) < 4.78 is 0. The van der Waals surface area contributed by atoms with Gasteiger partial charge in [-0.1, -0.05) is 0 Å². The van der Waals surface area contributed by atoms with Gasteiger partial charge in [0.25, 0.3) is 0 Å². The summed E-state index contributed by atoms with van der Waals surface area (Å²) in [5.41, 5.74) is 6.75. The number of hydrogen-bond acceptors (Lipinski definition) is 4. The van der Waals surface area contributed by atoms with E-state index in [9.17, 15) is 0 Å². The van der Waals surface area contributed by atoms with Crippen molar-refractivity contribution in [3.8, 4) is 0 Å². The smallest absolute Gasteiger partial charge is 0.180 e. The first-order valence-electron chi connectivity index (χ1n) is 3.55. The average Bonchev–Trinajstić information content (AvgIpc) is 2.27. The summed E-state index contributed by atoms with van der Waals surface area (Å²) in [5, 5.41) is 0.685. The van der Waals surface area contributed by atoms with Crippen molar-refractivity contribution in [1.82, 2.24) is 9.88 Å². The van der Waals surface area contributed by atoms with Crippen molar-refractivity contribution < 1.29 is 0 Å². The third-order valence-corrected chi connectivity index (χ3v) is 2.74. The molecule has 0 unspecified atom stereocenters. The lowest BCUT2D eigenvalue weighted by Gasteiger charge is -2.20. The second kappa shape index (κ2) is 2.46. The van der Waals surface area contributed by atoms with Crippen LogP contribution in [-0.4, -0.2) is 16.4 Å². The molecule has 0 spiro atoms. The van der Waals surface area contributed by atoms with Crippen LogP contribution in [-0.2, 0) is 13.0 Å². The molecule has 4 heteroatoms. The number of fused-ring (bicyclic) bond motifs is 1. The average molecular weight is 168 g/mol. The third kappa shape index (κ3) is 1.23. The van der Waals surface area contributed by atoms with Crippen LogP contribution in [0.3, 0.4) is 0 Å². The second-order valence-corrected chi connectivity index (χ2v) is 3.84. The zero-order valence-corrected chi connectivity index (χ0v) is 7.02. The first-order chi connectivity index (χ1) is 5.25. The Hall–Kier alpha value is -0.610. The van der Waals surface area contributed by atoms with Crippen LogP contribution in [0.2, 0.25) is 0 Å². The zero-order valence-electron chi connectivity index (χ0n) is 6.21. The quantitative estimate of drug-likeness (QED) is 0.625. The maximum Gasteiger partial charge on any atom is 0.180 e. The molecule has 0 aromatic carbocycles. The molecular weight excluding hydrogens is 158 g/mol. The van der Waals surface area contributed by atoms with Crippen molar-refractivity contribution in [2.75, 3.05) is 12.3 Å². The summed E-state index contributed by atoms with van der Waals surface area (Å²) in [6, 6.07) is 0. The highest BCUT2D eigenvalue weighted by atomic mass is 32.1. The lowest BCUT2D eigenvalue weighted by molar-refractivity contribution is 0.349. The molecule has 0 amide bonds. The Balaban J connectivity index is 2.34. The highest BCUT2D eigenvalue weighted by molar-refractivity contribution is 7.15. The molecule has 0 bridgehead atoms. The monoisotopic (exact) mass is 168 g/mol. The predicted molar refractivity (Wildman–Crippen MR) is 46.0 cm³/mol. The normalized spacial score (nSPS) is 18.3. The van der Waals surface area contributed by atoms with Gasteiger partial charge in [0.2, 0.25) is 0 Å². The fourth-order valence-electron chi connectivity index (χ4n) is 1.27. The van der Waals surface area contributed by atoms with Crippen LogP contribution in [0.5, 0.6) is 0 Å². The van der Waals surface area contributed by atoms with Gasteiger partial charge in [-0.05, 0) is 0 Å². The Morgan fingerprint density at radius 3 is 3.27 bits per heavy atom. The second-order valence-electron chi connectivity index (χ2n) is 2.72. The molecule has 1 aromatic heterocycles. The van der Waals surface area contributed by atoms with E-state index in [1.165, 1.54) is 10.6 Å². The Labute approximate surface area is 69.8 Å². The molecule has 2 rings (SSSR count). The van der Waals surface area contributed by atoms with E-state index < -0.39 is 0 Å². The minimum Gasteiger partial charge on any atom is -0.375 e. The van der Waals surface area contributed by atoms with E-state index in [0.717, 1.165) is 19.5 Å². The molecule has 59 valence electrons. The van der Waals surface area contributed by atoms with Crippen LogP contribution in [0, 0.1) is 7.05 Å². The summed E-state index contributed by atoms with van der Waals surface area (Å²) in [6.45, 7) is 1.90. The lowest BCUT2D eigenvalue weighted by atomic mass is 10.2. The van der Waals surface area contributed by atoms with Crippen LogP contribution in [0.4, 0.5) is 5.13 Å². The number of aromatic nitrogens is 1. The van der Waals surface area contributed by atoms with E-state index in [1.807, 2.05) is 4.90 Å². The van der Waals surface area contributed by atoms with Gasteiger partial charge in [-0.2, -0.15) is 0 Å². The summed E-state index contributed by atoms with van der Waals surface area (Å²) in [5.74, 6) is 0. The minimum absolute atomic E-state index is 0.685. The Morgan fingerprint density at radius 1 is 1.64 bits per heavy atom. The largest absolute Gasteiger partial charge is 0.375 e. The number of thiazole rings is 1. The van der Waals surface area contributed by atoms with Crippen molar-refractivity contribution in [3.63, 3.8) is 0 Å². The van der Waals surface area contributed by atoms with Crippen LogP contribution >= 0.6 is 11.3 Å². The number of hydrogen-bond donors (Lipinski definition) is 1. The summed E-state index contributed by atoms with van der Waals surface area (Å²) in [4.78, 5) is 7.55. The standard InChI is InChI=1S/C7H10N3S/c1-10-3-2-5-6(4-10)11-7(8)9-5/h1-4H2,(H2,8,9). The van der Waals surface area contributed by atoms with Gasteiger partial charge in [0.1, 0.15) is 0 Å². The third-order valence-electron chi connectivity index (χ3n) is 1.83. The van der Waals surface area contributed by atoms with E-state index in [-0.39, 0.29) is 0 Å². The SMILES string of the molecule is [CH2]N1CCc2nc(N)sc2C1. The fourth-order valence-corrected chi connectivity index (χ4v) is 2.19. The Morgan fingerprint density at radius 2 is 2.45 bits per heavy atom. The van der Waals surface area contributed by atoms with E-state index in [1.54, 1.807) is 11.3 Å². The van der Waals surface area contributed by atoms with Gasteiger partial charge in [-0.15, -0.1) is 11.3 Å². The maximum atomic E-state index is 5.57. The van der Waals surface area contributed by atoms with Crippen molar-refractivity contribution >= 4 is 16.5 Å². The van der Waals surface area contributed by atoms with E-state index in [4.69, 9.17) is 5.73 Å². The van der Waals surface area contributed by atoms with Crippen molar-refractivity contribution in [3.05, 3.63) is 17.6 Å². The summed E-state index contributed by atoms with van der Waals surface area (Å²) in [6.07, 6.45) is 0.993. The van der Waals surface area contributed by atoms with Crippen molar-refractivity contribution in [1.29, 1.82) is 0 Å². The summed E-state index contributed by atoms with van der Waals surface area (Å²) in [7, 11) is 3.88. The van der Waals surface area contributed by atoms with Crippen molar-refractivity contribution in [2.24, 2.45) is 0 Å². The first kappa shape index (κ1) is 7.06. The highest BCUT2D eigenvalue weighted by Crippen LogP contribution is 2.25. The molecule has 1 aromatic rings. The van der Waals surface area contributed by atoms with Gasteiger partial charge in [-0.25, -0.2) is 4.98 Å². The molecule has 0 saturated carbocycles. The molecule has 2 heterocycles. The van der Waals surface area contributed by atoms with Gasteiger partial charge in [-0.3, -0.25) is 4.90 Å². The predicted octanol–water partition coefficient (Wildman–Crippen LogP) is 0.875. The topological polar surface area (TPSA) is 42.2 Å². The Bertz CT molecular complexity index is 269. The van der Waals surface area contributed by atoms with E-state index in [2.05, 4.69) is 12.0 Å². The molecule has 1 aliphatic rings. The number of anilines is 1. The van der Waals surface area contributed by atoms with Gasteiger partial charge in [0.15, 0.2) is 5.13 Å². The zero-order chi connectivity index (χ0) is 7.84. The number of rotatable bonds is 0. The molecule has 0 saturated heterocycles. The van der Waals surface area contributed by atoms with Crippen LogP contribution in [0.1, 0.15) is 10.6 Å². The van der Waals surface area contributed by atoms with Gasteiger partial charge in [0.05, 0.1) is 5.69 Å². The molecule has 0 aliphatic carbocycles. The molecule has 0 fully saturated rings. The van der Waals surface area contributed by atoms with Crippen molar-refractivity contribution in [2.45, 2.75) is 13.0 Å². The summed E-state index contributed by atoms with van der Waals surface area (Å²) >= 11 is 1.58. The fraction of sp³-hybridized carbons (Fsp3) is 0.429. The number of nitrogens with two attached hydrogens (primary N) is 1. The van der Waals surface area contributed by atoms with Gasteiger partial charge in [0, 0.05) is 31.4 Å². The minimum atomic E-state index is 0.685. The highest BCUT2D eigenvalue weighted by Gasteiger charge is 2.16. The van der Waals surface area contributed by atoms with Crippen LogP contribution in [0.25, 0.3) is 0 Å². The van der Waals surface area contributed by atoms with E-state index >= 15 is 0 Å². The molecule has 1 radical (unpaired) electrons. The molecule has 0 atom stereocenters. The van der Waals surface area contributed by atoms with Crippen LogP contribution in [0.15, 0.2) is 0 Å². The van der Waals surface area contributed by atoms with Crippen LogP contribution < -0.4 is 5.73 Å². The maximum absolute atomic E-state index is 5.57. The molecule has 3 nitrogen and oxygen atoms in total. The van der Waals surface area contributed by atoms with E-state index in [0.29, 0.717) is 5.13 Å². The molecule has 2 N–H and O–H groups in total.